The van der Waals surface area contributed by atoms with Gasteiger partial charge in [-0.15, -0.1) is 0 Å². The SMILES string of the molecule is CCC(Sc1ncnc2c1cnn2-c1ccccc1)C(=O)c1ccc(OC)cc1. The molecule has 7 heteroatoms. The summed E-state index contributed by atoms with van der Waals surface area (Å²) >= 11 is 1.45. The van der Waals surface area contributed by atoms with Crippen molar-refractivity contribution in [3.8, 4) is 11.4 Å². The molecule has 1 atom stereocenters. The molecule has 0 radical (unpaired) electrons. The molecule has 4 rings (SSSR count). The van der Waals surface area contributed by atoms with Crippen LogP contribution in [0, 0.1) is 0 Å². The second kappa shape index (κ2) is 8.45. The highest BCUT2D eigenvalue weighted by Gasteiger charge is 2.22. The lowest BCUT2D eigenvalue weighted by molar-refractivity contribution is 0.0988. The van der Waals surface area contributed by atoms with Gasteiger partial charge in [-0.3, -0.25) is 4.79 Å². The average Bonchev–Trinajstić information content (AvgIpc) is 3.22. The Balaban J connectivity index is 1.63. The lowest BCUT2D eigenvalue weighted by atomic mass is 10.1. The van der Waals surface area contributed by atoms with Crippen molar-refractivity contribution < 1.29 is 9.53 Å². The number of carbonyl (C=O) groups is 1. The summed E-state index contributed by atoms with van der Waals surface area (Å²) in [6.07, 6.45) is 3.97. The molecule has 0 saturated carbocycles. The number of hydrogen-bond acceptors (Lipinski definition) is 6. The van der Waals surface area contributed by atoms with Crippen LogP contribution in [0.25, 0.3) is 16.7 Å². The van der Waals surface area contributed by atoms with Crippen LogP contribution in [0.4, 0.5) is 0 Å². The minimum atomic E-state index is -0.249. The zero-order valence-electron chi connectivity index (χ0n) is 16.1. The fraction of sp³-hybridized carbons (Fsp3) is 0.182. The first-order chi connectivity index (χ1) is 14.2. The van der Waals surface area contributed by atoms with Gasteiger partial charge in [0, 0.05) is 5.56 Å². The van der Waals surface area contributed by atoms with E-state index in [0.717, 1.165) is 27.5 Å². The molecular formula is C22H20N4O2S. The molecule has 0 aliphatic rings. The van der Waals surface area contributed by atoms with Crippen LogP contribution in [0.2, 0.25) is 0 Å². The molecule has 0 amide bonds. The highest BCUT2D eigenvalue weighted by molar-refractivity contribution is 8.00. The highest BCUT2D eigenvalue weighted by Crippen LogP contribution is 2.32. The maximum atomic E-state index is 13.0. The Bertz CT molecular complexity index is 1130. The normalized spacial score (nSPS) is 12.1. The first-order valence-electron chi connectivity index (χ1n) is 9.30. The van der Waals surface area contributed by atoms with E-state index in [1.54, 1.807) is 42.3 Å². The third-order valence-corrected chi connectivity index (χ3v) is 6.00. The molecule has 29 heavy (non-hydrogen) atoms. The predicted octanol–water partition coefficient (Wildman–Crippen LogP) is 4.58. The van der Waals surface area contributed by atoms with Gasteiger partial charge >= 0.3 is 0 Å². The lowest BCUT2D eigenvalue weighted by Gasteiger charge is -2.13. The third-order valence-electron chi connectivity index (χ3n) is 4.62. The van der Waals surface area contributed by atoms with Crippen LogP contribution in [0.1, 0.15) is 23.7 Å². The first-order valence-corrected chi connectivity index (χ1v) is 10.2. The minimum Gasteiger partial charge on any atom is -0.497 e. The maximum absolute atomic E-state index is 13.0. The van der Waals surface area contributed by atoms with Gasteiger partial charge in [-0.05, 0) is 42.8 Å². The molecule has 2 aromatic carbocycles. The molecule has 0 N–H and O–H groups in total. The Hall–Kier alpha value is -3.19. The Morgan fingerprint density at radius 2 is 1.86 bits per heavy atom. The van der Waals surface area contributed by atoms with Gasteiger partial charge in [-0.1, -0.05) is 36.9 Å². The smallest absolute Gasteiger partial charge is 0.176 e. The van der Waals surface area contributed by atoms with Crippen molar-refractivity contribution in [2.75, 3.05) is 7.11 Å². The monoisotopic (exact) mass is 404 g/mol. The highest BCUT2D eigenvalue weighted by atomic mass is 32.2. The van der Waals surface area contributed by atoms with Gasteiger partial charge in [0.25, 0.3) is 0 Å². The molecule has 0 bridgehead atoms. The van der Waals surface area contributed by atoms with Gasteiger partial charge in [0.2, 0.25) is 0 Å². The van der Waals surface area contributed by atoms with E-state index in [1.165, 1.54) is 18.1 Å². The lowest BCUT2D eigenvalue weighted by Crippen LogP contribution is -2.16. The standard InChI is InChI=1S/C22H20N4O2S/c1-3-19(20(27)15-9-11-17(28-2)12-10-15)29-22-18-13-25-26(21(18)23-14-24-22)16-7-5-4-6-8-16/h4-14,19H,3H2,1-2H3. The number of ether oxygens (including phenoxy) is 1. The van der Waals surface area contributed by atoms with Crippen molar-refractivity contribution >= 4 is 28.6 Å². The Morgan fingerprint density at radius 1 is 1.10 bits per heavy atom. The number of hydrogen-bond donors (Lipinski definition) is 0. The summed E-state index contributed by atoms with van der Waals surface area (Å²) in [7, 11) is 1.61. The van der Waals surface area contributed by atoms with E-state index in [9.17, 15) is 4.79 Å². The number of nitrogens with zero attached hydrogens (tertiary/aromatic N) is 4. The molecule has 0 aliphatic carbocycles. The van der Waals surface area contributed by atoms with Crippen LogP contribution in [0.15, 0.2) is 72.1 Å². The Labute approximate surface area is 172 Å². The van der Waals surface area contributed by atoms with Crippen LogP contribution in [0.5, 0.6) is 5.75 Å². The molecule has 0 saturated heterocycles. The molecule has 0 spiro atoms. The van der Waals surface area contributed by atoms with Gasteiger partial charge in [0.05, 0.1) is 29.6 Å². The van der Waals surface area contributed by atoms with Crippen LogP contribution in [-0.2, 0) is 0 Å². The van der Waals surface area contributed by atoms with Gasteiger partial charge in [-0.2, -0.15) is 5.10 Å². The zero-order chi connectivity index (χ0) is 20.2. The summed E-state index contributed by atoms with van der Waals surface area (Å²) in [5.74, 6) is 0.801. The molecule has 146 valence electrons. The topological polar surface area (TPSA) is 69.9 Å². The van der Waals surface area contributed by atoms with Gasteiger partial charge < -0.3 is 4.74 Å². The number of benzene rings is 2. The van der Waals surface area contributed by atoms with E-state index in [2.05, 4.69) is 15.1 Å². The second-order valence-electron chi connectivity index (χ2n) is 6.42. The molecule has 6 nitrogen and oxygen atoms in total. The fourth-order valence-corrected chi connectivity index (χ4v) is 4.13. The van der Waals surface area contributed by atoms with E-state index in [-0.39, 0.29) is 11.0 Å². The van der Waals surface area contributed by atoms with Gasteiger partial charge in [-0.25, -0.2) is 14.6 Å². The Kier molecular flexibility index (Phi) is 5.57. The Morgan fingerprint density at radius 3 is 2.55 bits per heavy atom. The number of thioether (sulfide) groups is 1. The second-order valence-corrected chi connectivity index (χ2v) is 7.61. The number of methoxy groups -OCH3 is 1. The minimum absolute atomic E-state index is 0.0716. The van der Waals surface area contributed by atoms with E-state index in [1.807, 2.05) is 37.3 Å². The van der Waals surface area contributed by atoms with Crippen molar-refractivity contribution in [2.45, 2.75) is 23.6 Å². The van der Waals surface area contributed by atoms with Crippen molar-refractivity contribution in [1.82, 2.24) is 19.7 Å². The summed E-state index contributed by atoms with van der Waals surface area (Å²) in [6, 6.07) is 17.0. The first kappa shape index (κ1) is 19.1. The fourth-order valence-electron chi connectivity index (χ4n) is 3.07. The van der Waals surface area contributed by atoms with Crippen LogP contribution in [-0.4, -0.2) is 37.9 Å². The van der Waals surface area contributed by atoms with Crippen molar-refractivity contribution in [1.29, 1.82) is 0 Å². The summed E-state index contributed by atoms with van der Waals surface area (Å²) < 4.78 is 6.96. The van der Waals surface area contributed by atoms with Crippen molar-refractivity contribution in [2.24, 2.45) is 0 Å². The molecule has 0 aliphatic heterocycles. The van der Waals surface area contributed by atoms with Crippen LogP contribution >= 0.6 is 11.8 Å². The number of para-hydroxylation sites is 1. The number of ketones is 1. The summed E-state index contributed by atoms with van der Waals surface area (Å²) in [6.45, 7) is 2.00. The number of carbonyl (C=O) groups excluding carboxylic acids is 1. The number of Topliss-reactive ketones (excluding diaryl/α,β-unsaturated/α-hetero) is 1. The molecular weight excluding hydrogens is 384 g/mol. The summed E-state index contributed by atoms with van der Waals surface area (Å²) in [5, 5.41) is 5.83. The van der Waals surface area contributed by atoms with Gasteiger partial charge in [0.1, 0.15) is 17.1 Å². The predicted molar refractivity (Wildman–Crippen MR) is 114 cm³/mol. The van der Waals surface area contributed by atoms with Crippen LogP contribution in [0.3, 0.4) is 0 Å². The quantitative estimate of drug-likeness (QED) is 0.255. The number of fused-ring (bicyclic) bond motifs is 1. The van der Waals surface area contributed by atoms with Crippen LogP contribution < -0.4 is 4.74 Å². The zero-order valence-corrected chi connectivity index (χ0v) is 17.0. The van der Waals surface area contributed by atoms with Gasteiger partial charge in [0.15, 0.2) is 11.4 Å². The molecule has 4 aromatic rings. The number of rotatable bonds is 7. The van der Waals surface area contributed by atoms with E-state index in [0.29, 0.717) is 12.0 Å². The average molecular weight is 404 g/mol. The molecule has 0 fully saturated rings. The number of aromatic nitrogens is 4. The van der Waals surface area contributed by atoms with E-state index in [4.69, 9.17) is 4.74 Å². The van der Waals surface area contributed by atoms with Crippen molar-refractivity contribution in [3.63, 3.8) is 0 Å². The maximum Gasteiger partial charge on any atom is 0.176 e. The summed E-state index contributed by atoms with van der Waals surface area (Å²) in [5.41, 5.74) is 2.31. The molecule has 2 aromatic heterocycles. The van der Waals surface area contributed by atoms with E-state index < -0.39 is 0 Å². The van der Waals surface area contributed by atoms with Crippen molar-refractivity contribution in [3.05, 3.63) is 72.7 Å². The third kappa shape index (κ3) is 3.86. The molecule has 1 unspecified atom stereocenters. The molecule has 2 heterocycles. The largest absolute Gasteiger partial charge is 0.497 e. The van der Waals surface area contributed by atoms with E-state index >= 15 is 0 Å². The summed E-state index contributed by atoms with van der Waals surface area (Å²) in [4.78, 5) is 21.9.